The van der Waals surface area contributed by atoms with Crippen LogP contribution in [-0.4, -0.2) is 27.4 Å². The number of carbonyl (C=O) groups excluding carboxylic acids is 1. The highest BCUT2D eigenvalue weighted by Gasteiger charge is 2.21. The Morgan fingerprint density at radius 2 is 2.14 bits per heavy atom. The molecular weight excluding hydrogens is 278 g/mol. The Bertz CT molecular complexity index is 858. The van der Waals surface area contributed by atoms with Crippen LogP contribution in [0.1, 0.15) is 23.0 Å². The van der Waals surface area contributed by atoms with E-state index in [2.05, 4.69) is 18.1 Å². The predicted molar refractivity (Wildman–Crippen MR) is 85.9 cm³/mol. The number of benzene rings is 1. The molecule has 3 aromatic rings. The number of methoxy groups -OCH3 is 1. The zero-order valence-electron chi connectivity index (χ0n) is 13.3. The van der Waals surface area contributed by atoms with Gasteiger partial charge in [-0.05, 0) is 13.8 Å². The van der Waals surface area contributed by atoms with E-state index in [1.54, 1.807) is 0 Å². The Morgan fingerprint density at radius 3 is 2.77 bits per heavy atom. The SMILES string of the molecule is CCn1cc(-c2cccc3c(C(=O)OC)c(C)n(C)c23)cn1. The fourth-order valence-electron chi connectivity index (χ4n) is 2.91. The van der Waals surface area contributed by atoms with Gasteiger partial charge < -0.3 is 9.30 Å². The Labute approximate surface area is 129 Å². The van der Waals surface area contributed by atoms with Gasteiger partial charge in [-0.25, -0.2) is 4.79 Å². The van der Waals surface area contributed by atoms with Gasteiger partial charge in [0.2, 0.25) is 0 Å². The summed E-state index contributed by atoms with van der Waals surface area (Å²) in [5, 5.41) is 5.25. The zero-order valence-corrected chi connectivity index (χ0v) is 13.3. The molecule has 0 unspecified atom stereocenters. The molecule has 1 aromatic carbocycles. The molecule has 0 atom stereocenters. The minimum Gasteiger partial charge on any atom is -0.465 e. The molecule has 0 fully saturated rings. The van der Waals surface area contributed by atoms with Crippen LogP contribution in [-0.2, 0) is 18.3 Å². The van der Waals surface area contributed by atoms with Crippen molar-refractivity contribution < 1.29 is 9.53 Å². The molecule has 114 valence electrons. The van der Waals surface area contributed by atoms with E-state index in [0.29, 0.717) is 5.56 Å². The van der Waals surface area contributed by atoms with Crippen molar-refractivity contribution in [2.45, 2.75) is 20.4 Å². The predicted octanol–water partition coefficient (Wildman–Crippen LogP) is 3.16. The third-order valence-electron chi connectivity index (χ3n) is 4.16. The number of carbonyl (C=O) groups is 1. The summed E-state index contributed by atoms with van der Waals surface area (Å²) in [4.78, 5) is 12.1. The van der Waals surface area contributed by atoms with Crippen molar-refractivity contribution in [2.75, 3.05) is 7.11 Å². The molecule has 0 aliphatic heterocycles. The molecule has 0 bridgehead atoms. The van der Waals surface area contributed by atoms with Crippen LogP contribution in [0.2, 0.25) is 0 Å². The number of hydrogen-bond acceptors (Lipinski definition) is 3. The number of aryl methyl sites for hydroxylation is 2. The third kappa shape index (κ3) is 2.01. The van der Waals surface area contributed by atoms with Crippen LogP contribution in [0.4, 0.5) is 0 Å². The molecular formula is C17H19N3O2. The molecule has 0 aliphatic carbocycles. The van der Waals surface area contributed by atoms with Crippen molar-refractivity contribution in [3.05, 3.63) is 41.9 Å². The summed E-state index contributed by atoms with van der Waals surface area (Å²) in [6.45, 7) is 4.82. The first kappa shape index (κ1) is 14.4. The van der Waals surface area contributed by atoms with Gasteiger partial charge in [-0.2, -0.15) is 5.10 Å². The lowest BCUT2D eigenvalue weighted by Crippen LogP contribution is -2.03. The molecule has 5 nitrogen and oxygen atoms in total. The van der Waals surface area contributed by atoms with Crippen LogP contribution in [0.15, 0.2) is 30.6 Å². The summed E-state index contributed by atoms with van der Waals surface area (Å²) in [6.07, 6.45) is 3.88. The number of esters is 1. The van der Waals surface area contributed by atoms with Crippen molar-refractivity contribution in [2.24, 2.45) is 7.05 Å². The fourth-order valence-corrected chi connectivity index (χ4v) is 2.91. The van der Waals surface area contributed by atoms with Gasteiger partial charge in [0.25, 0.3) is 0 Å². The second kappa shape index (κ2) is 5.33. The standard InChI is InChI=1S/C17H19N3O2/c1-5-20-10-12(9-18-20)13-7-6-8-14-15(17(21)22-4)11(2)19(3)16(13)14/h6-10H,5H2,1-4H3. The molecule has 0 N–H and O–H groups in total. The maximum Gasteiger partial charge on any atom is 0.340 e. The number of para-hydroxylation sites is 1. The Hall–Kier alpha value is -2.56. The maximum absolute atomic E-state index is 12.1. The highest BCUT2D eigenvalue weighted by atomic mass is 16.5. The highest BCUT2D eigenvalue weighted by Crippen LogP contribution is 2.33. The van der Waals surface area contributed by atoms with Gasteiger partial charge in [-0.1, -0.05) is 18.2 Å². The topological polar surface area (TPSA) is 49.0 Å². The van der Waals surface area contributed by atoms with Crippen molar-refractivity contribution in [1.82, 2.24) is 14.3 Å². The number of fused-ring (bicyclic) bond motifs is 1. The summed E-state index contributed by atoms with van der Waals surface area (Å²) in [7, 11) is 3.38. The van der Waals surface area contributed by atoms with Crippen LogP contribution in [0, 0.1) is 6.92 Å². The molecule has 0 aliphatic rings. The molecule has 3 rings (SSSR count). The Balaban J connectivity index is 2.32. The van der Waals surface area contributed by atoms with E-state index >= 15 is 0 Å². The van der Waals surface area contributed by atoms with Crippen molar-refractivity contribution >= 4 is 16.9 Å². The van der Waals surface area contributed by atoms with Crippen LogP contribution < -0.4 is 0 Å². The second-order valence-electron chi connectivity index (χ2n) is 5.30. The van der Waals surface area contributed by atoms with Gasteiger partial charge in [-0.15, -0.1) is 0 Å². The number of rotatable bonds is 3. The number of aromatic nitrogens is 3. The average Bonchev–Trinajstić information content (AvgIpc) is 3.11. The second-order valence-corrected chi connectivity index (χ2v) is 5.30. The van der Waals surface area contributed by atoms with Gasteiger partial charge >= 0.3 is 5.97 Å². The molecule has 0 saturated heterocycles. The first-order valence-electron chi connectivity index (χ1n) is 7.27. The quantitative estimate of drug-likeness (QED) is 0.698. The minimum atomic E-state index is -0.301. The first-order valence-corrected chi connectivity index (χ1v) is 7.27. The molecule has 2 heterocycles. The number of nitrogens with zero attached hydrogens (tertiary/aromatic N) is 3. The number of ether oxygens (including phenoxy) is 1. The molecule has 0 radical (unpaired) electrons. The molecule has 0 spiro atoms. The van der Waals surface area contributed by atoms with Crippen LogP contribution in [0.5, 0.6) is 0 Å². The van der Waals surface area contributed by atoms with E-state index in [4.69, 9.17) is 4.74 Å². The normalized spacial score (nSPS) is 11.1. The van der Waals surface area contributed by atoms with E-state index in [9.17, 15) is 4.79 Å². The van der Waals surface area contributed by atoms with Gasteiger partial charge in [0.15, 0.2) is 0 Å². The molecule has 22 heavy (non-hydrogen) atoms. The van der Waals surface area contributed by atoms with Crippen molar-refractivity contribution in [3.8, 4) is 11.1 Å². The molecule has 0 amide bonds. The fraction of sp³-hybridized carbons (Fsp3) is 0.294. The lowest BCUT2D eigenvalue weighted by molar-refractivity contribution is 0.0602. The largest absolute Gasteiger partial charge is 0.465 e. The smallest absolute Gasteiger partial charge is 0.340 e. The number of hydrogen-bond donors (Lipinski definition) is 0. The summed E-state index contributed by atoms with van der Waals surface area (Å²) in [5.74, 6) is -0.301. The lowest BCUT2D eigenvalue weighted by atomic mass is 10.0. The monoisotopic (exact) mass is 297 g/mol. The van der Waals surface area contributed by atoms with Gasteiger partial charge in [-0.3, -0.25) is 4.68 Å². The zero-order chi connectivity index (χ0) is 15.9. The molecule has 5 heteroatoms. The minimum absolute atomic E-state index is 0.301. The van der Waals surface area contributed by atoms with Crippen molar-refractivity contribution in [3.63, 3.8) is 0 Å². The molecule has 2 aromatic heterocycles. The van der Waals surface area contributed by atoms with Crippen LogP contribution in [0.25, 0.3) is 22.0 Å². The molecule has 0 saturated carbocycles. The van der Waals surface area contributed by atoms with Crippen LogP contribution >= 0.6 is 0 Å². The van der Waals surface area contributed by atoms with Crippen LogP contribution in [0.3, 0.4) is 0 Å². The summed E-state index contributed by atoms with van der Waals surface area (Å²) in [5.41, 5.74) is 4.67. The van der Waals surface area contributed by atoms with E-state index in [1.165, 1.54) is 7.11 Å². The van der Waals surface area contributed by atoms with E-state index in [-0.39, 0.29) is 5.97 Å². The van der Waals surface area contributed by atoms with E-state index < -0.39 is 0 Å². The summed E-state index contributed by atoms with van der Waals surface area (Å²) in [6, 6.07) is 5.98. The highest BCUT2D eigenvalue weighted by molar-refractivity contribution is 6.09. The van der Waals surface area contributed by atoms with E-state index in [1.807, 2.05) is 47.7 Å². The summed E-state index contributed by atoms with van der Waals surface area (Å²) < 4.78 is 8.87. The van der Waals surface area contributed by atoms with Crippen molar-refractivity contribution in [1.29, 1.82) is 0 Å². The van der Waals surface area contributed by atoms with Gasteiger partial charge in [0.1, 0.15) is 0 Å². The Kier molecular flexibility index (Phi) is 3.48. The third-order valence-corrected chi connectivity index (χ3v) is 4.16. The van der Waals surface area contributed by atoms with Gasteiger partial charge in [0, 0.05) is 42.0 Å². The summed E-state index contributed by atoms with van der Waals surface area (Å²) >= 11 is 0. The maximum atomic E-state index is 12.1. The van der Waals surface area contributed by atoms with Gasteiger partial charge in [0.05, 0.1) is 24.4 Å². The average molecular weight is 297 g/mol. The Morgan fingerprint density at radius 1 is 1.36 bits per heavy atom. The van der Waals surface area contributed by atoms with E-state index in [0.717, 1.165) is 34.3 Å². The lowest BCUT2D eigenvalue weighted by Gasteiger charge is -2.04. The first-order chi connectivity index (χ1) is 10.6.